The minimum Gasteiger partial charge on any atom is -0.379 e. The monoisotopic (exact) mass is 536 g/mol. The van der Waals surface area contributed by atoms with E-state index >= 15 is 0 Å². The van der Waals surface area contributed by atoms with Crippen LogP contribution in [0.1, 0.15) is 12.8 Å². The predicted octanol–water partition coefficient (Wildman–Crippen LogP) is 4.10. The fourth-order valence-corrected chi connectivity index (χ4v) is 5.57. The average Bonchev–Trinajstić information content (AvgIpc) is 3.47. The summed E-state index contributed by atoms with van der Waals surface area (Å²) in [6.45, 7) is 4.53. The number of nitrogens with zero attached hydrogens (tertiary/aromatic N) is 4. The second-order valence-corrected chi connectivity index (χ2v) is 9.77. The first-order valence-electron chi connectivity index (χ1n) is 11.7. The van der Waals surface area contributed by atoms with Crippen LogP contribution in [0.3, 0.4) is 0 Å². The fraction of sp³-hybridized carbons (Fsp3) is 0.400. The van der Waals surface area contributed by atoms with E-state index in [1.54, 1.807) is 17.0 Å². The standard InChI is InChI=1S/C25H26F2N4O3S.ClH/c26-18-5-7-19(8-6-18)31-16-17(15-22(31)32)24(33)30(10-2-9-29-11-13-34-14-12-29)25-28-23-20(27)3-1-4-21(23)35-25;/h1,3-8,17H,2,9-16H2;1H. The van der Waals surface area contributed by atoms with Gasteiger partial charge in [0.25, 0.3) is 0 Å². The molecule has 2 saturated heterocycles. The molecule has 0 bridgehead atoms. The SMILES string of the molecule is Cl.O=C1CC(C(=O)N(CCCN2CCOCC2)c2nc3c(F)cccc3s2)CN1c1ccc(F)cc1. The third-order valence-corrected chi connectivity index (χ3v) is 7.47. The van der Waals surface area contributed by atoms with Crippen molar-refractivity contribution >= 4 is 56.6 Å². The van der Waals surface area contributed by atoms with Gasteiger partial charge >= 0.3 is 0 Å². The lowest BCUT2D eigenvalue weighted by molar-refractivity contribution is -0.124. The highest BCUT2D eigenvalue weighted by Gasteiger charge is 2.38. The van der Waals surface area contributed by atoms with Crippen LogP contribution in [0.15, 0.2) is 42.5 Å². The molecule has 36 heavy (non-hydrogen) atoms. The second kappa shape index (κ2) is 11.6. The minimum absolute atomic E-state index is 0. The fourth-order valence-electron chi connectivity index (χ4n) is 4.56. The number of amides is 2. The van der Waals surface area contributed by atoms with Gasteiger partial charge in [0.05, 0.1) is 23.8 Å². The summed E-state index contributed by atoms with van der Waals surface area (Å²) in [7, 11) is 0. The molecular formula is C25H27ClF2N4O3S. The van der Waals surface area contributed by atoms with Crippen LogP contribution in [-0.4, -0.2) is 67.6 Å². The maximum Gasteiger partial charge on any atom is 0.234 e. The van der Waals surface area contributed by atoms with E-state index in [1.807, 2.05) is 0 Å². The topological polar surface area (TPSA) is 66.0 Å². The molecule has 2 fully saturated rings. The molecule has 0 spiro atoms. The lowest BCUT2D eigenvalue weighted by Crippen LogP contribution is -2.41. The number of fused-ring (bicyclic) bond motifs is 1. The Morgan fingerprint density at radius 1 is 1.14 bits per heavy atom. The van der Waals surface area contributed by atoms with Crippen LogP contribution in [-0.2, 0) is 14.3 Å². The largest absolute Gasteiger partial charge is 0.379 e. The van der Waals surface area contributed by atoms with Crippen LogP contribution < -0.4 is 9.80 Å². The molecule has 3 aromatic rings. The third-order valence-electron chi connectivity index (χ3n) is 6.43. The zero-order valence-corrected chi connectivity index (χ0v) is 21.2. The first-order chi connectivity index (χ1) is 17.0. The van der Waals surface area contributed by atoms with E-state index in [2.05, 4.69) is 9.88 Å². The molecule has 1 atom stereocenters. The number of aromatic nitrogens is 1. The number of para-hydroxylation sites is 1. The number of halogens is 3. The first kappa shape index (κ1) is 26.4. The maximum absolute atomic E-state index is 14.3. The van der Waals surface area contributed by atoms with Gasteiger partial charge in [-0.2, -0.15) is 0 Å². The molecule has 0 N–H and O–H groups in total. The van der Waals surface area contributed by atoms with Crippen molar-refractivity contribution in [3.8, 4) is 0 Å². The summed E-state index contributed by atoms with van der Waals surface area (Å²) in [5.74, 6) is -1.76. The first-order valence-corrected chi connectivity index (χ1v) is 12.5. The maximum atomic E-state index is 14.3. The van der Waals surface area contributed by atoms with E-state index in [0.29, 0.717) is 41.7 Å². The van der Waals surface area contributed by atoms with Crippen LogP contribution in [0.2, 0.25) is 0 Å². The lowest BCUT2D eigenvalue weighted by atomic mass is 10.1. The van der Waals surface area contributed by atoms with Gasteiger partial charge in [-0.1, -0.05) is 17.4 Å². The van der Waals surface area contributed by atoms with Crippen LogP contribution >= 0.6 is 23.7 Å². The van der Waals surface area contributed by atoms with E-state index < -0.39 is 11.7 Å². The number of hydrogen-bond donors (Lipinski definition) is 0. The van der Waals surface area contributed by atoms with Gasteiger partial charge in [0, 0.05) is 44.8 Å². The number of thiazole rings is 1. The van der Waals surface area contributed by atoms with Crippen LogP contribution in [0.25, 0.3) is 10.2 Å². The molecule has 2 amide bonds. The van der Waals surface area contributed by atoms with Crippen LogP contribution in [0.4, 0.5) is 19.6 Å². The minimum atomic E-state index is -0.562. The number of hydrogen-bond acceptors (Lipinski definition) is 6. The van der Waals surface area contributed by atoms with Crippen LogP contribution in [0.5, 0.6) is 0 Å². The summed E-state index contributed by atoms with van der Waals surface area (Å²) in [5.41, 5.74) is 0.807. The van der Waals surface area contributed by atoms with Crippen molar-refractivity contribution in [1.29, 1.82) is 0 Å². The second-order valence-electron chi connectivity index (χ2n) is 8.76. The molecule has 5 rings (SSSR count). The Morgan fingerprint density at radius 2 is 1.89 bits per heavy atom. The zero-order valence-electron chi connectivity index (χ0n) is 19.6. The Balaban J connectivity index is 0.00000304. The summed E-state index contributed by atoms with van der Waals surface area (Å²) in [6, 6.07) is 10.4. The molecule has 0 aliphatic carbocycles. The number of anilines is 2. The van der Waals surface area contributed by atoms with Crippen molar-refractivity contribution < 1.29 is 23.1 Å². The van der Waals surface area contributed by atoms with Gasteiger partial charge in [0.15, 0.2) is 5.13 Å². The number of morpholine rings is 1. The molecule has 11 heteroatoms. The molecule has 2 aliphatic heterocycles. The molecule has 2 aromatic carbocycles. The van der Waals surface area contributed by atoms with Crippen molar-refractivity contribution in [1.82, 2.24) is 9.88 Å². The highest BCUT2D eigenvalue weighted by molar-refractivity contribution is 7.22. The van der Waals surface area contributed by atoms with Crippen LogP contribution in [0, 0.1) is 17.6 Å². The van der Waals surface area contributed by atoms with E-state index in [1.165, 1.54) is 46.6 Å². The molecule has 3 heterocycles. The highest BCUT2D eigenvalue weighted by Crippen LogP contribution is 2.33. The zero-order chi connectivity index (χ0) is 24.4. The Hall–Kier alpha value is -2.66. The molecule has 0 saturated carbocycles. The van der Waals surface area contributed by atoms with Crippen molar-refractivity contribution in [2.45, 2.75) is 12.8 Å². The number of carbonyl (C=O) groups excluding carboxylic acids is 2. The Labute approximate surface area is 218 Å². The Bertz CT molecular complexity index is 1220. The summed E-state index contributed by atoms with van der Waals surface area (Å²) in [4.78, 5) is 36.3. The summed E-state index contributed by atoms with van der Waals surface area (Å²) >= 11 is 1.27. The van der Waals surface area contributed by atoms with Crippen molar-refractivity contribution in [2.24, 2.45) is 5.92 Å². The van der Waals surface area contributed by atoms with E-state index in [0.717, 1.165) is 19.6 Å². The lowest BCUT2D eigenvalue weighted by Gasteiger charge is -2.28. The summed E-state index contributed by atoms with van der Waals surface area (Å²) in [5, 5.41) is 0.435. The summed E-state index contributed by atoms with van der Waals surface area (Å²) in [6.07, 6.45) is 0.780. The van der Waals surface area contributed by atoms with Gasteiger partial charge in [-0.05, 0) is 42.8 Å². The predicted molar refractivity (Wildman–Crippen MR) is 138 cm³/mol. The Morgan fingerprint density at radius 3 is 2.61 bits per heavy atom. The quantitative estimate of drug-likeness (QED) is 0.455. The average molecular weight is 537 g/mol. The smallest absolute Gasteiger partial charge is 0.234 e. The van der Waals surface area contributed by atoms with Crippen molar-refractivity contribution in [3.63, 3.8) is 0 Å². The number of benzene rings is 2. The van der Waals surface area contributed by atoms with Crippen molar-refractivity contribution in [2.75, 3.05) is 55.7 Å². The molecule has 2 aliphatic rings. The number of rotatable bonds is 7. The third kappa shape index (κ3) is 5.67. The van der Waals surface area contributed by atoms with Gasteiger partial charge in [-0.3, -0.25) is 19.4 Å². The summed E-state index contributed by atoms with van der Waals surface area (Å²) < 4.78 is 33.7. The molecule has 7 nitrogen and oxygen atoms in total. The van der Waals surface area contributed by atoms with E-state index in [9.17, 15) is 18.4 Å². The molecule has 1 unspecified atom stereocenters. The number of carbonyl (C=O) groups is 2. The van der Waals surface area contributed by atoms with Gasteiger partial charge < -0.3 is 9.64 Å². The van der Waals surface area contributed by atoms with Gasteiger partial charge in [0.1, 0.15) is 17.2 Å². The number of ether oxygens (including phenoxy) is 1. The van der Waals surface area contributed by atoms with E-state index in [-0.39, 0.29) is 48.5 Å². The van der Waals surface area contributed by atoms with Gasteiger partial charge in [-0.15, -0.1) is 12.4 Å². The van der Waals surface area contributed by atoms with Gasteiger partial charge in [-0.25, -0.2) is 13.8 Å². The van der Waals surface area contributed by atoms with Crippen molar-refractivity contribution in [3.05, 3.63) is 54.1 Å². The molecular weight excluding hydrogens is 510 g/mol. The highest BCUT2D eigenvalue weighted by atomic mass is 35.5. The Kier molecular flexibility index (Phi) is 8.50. The van der Waals surface area contributed by atoms with E-state index in [4.69, 9.17) is 4.74 Å². The van der Waals surface area contributed by atoms with Gasteiger partial charge in [0.2, 0.25) is 11.8 Å². The molecule has 192 valence electrons. The molecule has 0 radical (unpaired) electrons. The molecule has 1 aromatic heterocycles. The normalized spacial score (nSPS) is 18.4.